The summed E-state index contributed by atoms with van der Waals surface area (Å²) in [7, 11) is 4.02. The number of aromatic nitrogens is 1. The molecule has 27 heavy (non-hydrogen) atoms. The van der Waals surface area contributed by atoms with E-state index in [1.54, 1.807) is 0 Å². The zero-order valence-corrected chi connectivity index (χ0v) is 16.3. The lowest BCUT2D eigenvalue weighted by Crippen LogP contribution is -2.55. The van der Waals surface area contributed by atoms with E-state index in [9.17, 15) is 14.4 Å². The summed E-state index contributed by atoms with van der Waals surface area (Å²) in [5.41, 5.74) is -0.256. The van der Waals surface area contributed by atoms with Crippen molar-refractivity contribution in [2.75, 3.05) is 46.8 Å². The van der Waals surface area contributed by atoms with Crippen LogP contribution in [0.4, 0.5) is 0 Å². The number of piperidine rings is 2. The topological polar surface area (TPSA) is 89.9 Å². The van der Waals surface area contributed by atoms with E-state index in [2.05, 4.69) is 10.1 Å². The first-order valence-electron chi connectivity index (χ1n) is 9.75. The molecule has 1 N–H and O–H groups in total. The van der Waals surface area contributed by atoms with E-state index in [1.165, 1.54) is 6.07 Å². The van der Waals surface area contributed by atoms with Gasteiger partial charge in [-0.15, -0.1) is 0 Å². The monoisotopic (exact) mass is 378 g/mol. The number of hydrogen-bond donors (Lipinski definition) is 1. The third-order valence-corrected chi connectivity index (χ3v) is 5.74. The molecule has 0 radical (unpaired) electrons. The zero-order chi connectivity index (χ0) is 19.4. The Bertz CT molecular complexity index is 725. The number of carbonyl (C=O) groups is 2. The van der Waals surface area contributed by atoms with E-state index in [0.717, 1.165) is 45.4 Å². The lowest BCUT2D eigenvalue weighted by Gasteiger charge is -2.48. The van der Waals surface area contributed by atoms with Crippen LogP contribution in [0.15, 0.2) is 15.4 Å². The van der Waals surface area contributed by atoms with Crippen molar-refractivity contribution in [3.05, 3.63) is 22.2 Å². The molecule has 2 saturated heterocycles. The second-order valence-corrected chi connectivity index (χ2v) is 8.22. The highest BCUT2D eigenvalue weighted by molar-refractivity contribution is 5.78. The van der Waals surface area contributed by atoms with Gasteiger partial charge in [0.25, 0.3) is 5.56 Å². The van der Waals surface area contributed by atoms with Gasteiger partial charge >= 0.3 is 0 Å². The van der Waals surface area contributed by atoms with Crippen LogP contribution in [0.2, 0.25) is 0 Å². The number of amides is 2. The number of aryl methyl sites for hydroxylation is 1. The van der Waals surface area contributed by atoms with Gasteiger partial charge in [-0.25, -0.2) is 0 Å². The molecular formula is C19H30N4O4. The van der Waals surface area contributed by atoms with Gasteiger partial charge < -0.3 is 19.2 Å². The molecule has 150 valence electrons. The molecule has 2 amide bonds. The predicted molar refractivity (Wildman–Crippen MR) is 100 cm³/mol. The molecule has 0 bridgehead atoms. The van der Waals surface area contributed by atoms with Crippen LogP contribution in [-0.2, 0) is 16.0 Å². The third-order valence-electron chi connectivity index (χ3n) is 5.74. The van der Waals surface area contributed by atoms with E-state index < -0.39 is 0 Å². The molecule has 1 aromatic heterocycles. The van der Waals surface area contributed by atoms with Crippen LogP contribution in [0.25, 0.3) is 0 Å². The molecule has 0 aliphatic carbocycles. The van der Waals surface area contributed by atoms with Crippen LogP contribution < -0.4 is 5.56 Å². The Hall–Kier alpha value is -2.09. The minimum Gasteiger partial charge on any atom is -0.384 e. The van der Waals surface area contributed by atoms with E-state index in [0.29, 0.717) is 31.6 Å². The van der Waals surface area contributed by atoms with Crippen LogP contribution in [0.1, 0.15) is 37.9 Å². The number of likely N-dealkylation sites (N-methyl/N-ethyl adjacent to an activating group) is 1. The molecule has 0 saturated carbocycles. The molecule has 2 aliphatic rings. The Morgan fingerprint density at radius 1 is 1.30 bits per heavy atom. The minimum absolute atomic E-state index is 0.0226. The Labute approximate surface area is 159 Å². The fourth-order valence-electron chi connectivity index (χ4n) is 4.21. The van der Waals surface area contributed by atoms with E-state index in [-0.39, 0.29) is 22.8 Å². The average Bonchev–Trinajstić information content (AvgIpc) is 3.06. The first kappa shape index (κ1) is 19.7. The van der Waals surface area contributed by atoms with Crippen molar-refractivity contribution >= 4 is 11.8 Å². The number of likely N-dealkylation sites (tertiary alicyclic amines) is 2. The number of H-pyrrole nitrogens is 1. The largest absolute Gasteiger partial charge is 0.384 e. The van der Waals surface area contributed by atoms with Crippen molar-refractivity contribution < 1.29 is 14.1 Å². The number of nitrogens with zero attached hydrogens (tertiary/aromatic N) is 3. The summed E-state index contributed by atoms with van der Waals surface area (Å²) < 4.78 is 5.03. The van der Waals surface area contributed by atoms with Crippen molar-refractivity contribution in [3.63, 3.8) is 0 Å². The van der Waals surface area contributed by atoms with Crippen molar-refractivity contribution in [2.24, 2.45) is 5.41 Å². The summed E-state index contributed by atoms with van der Waals surface area (Å²) in [5, 5.41) is 2.25. The lowest BCUT2D eigenvalue weighted by atomic mass is 9.73. The zero-order valence-electron chi connectivity index (χ0n) is 16.3. The van der Waals surface area contributed by atoms with Crippen molar-refractivity contribution in [3.8, 4) is 0 Å². The molecule has 2 aliphatic heterocycles. The smallest absolute Gasteiger partial charge is 0.280 e. The van der Waals surface area contributed by atoms with Gasteiger partial charge in [0.1, 0.15) is 5.76 Å². The standard InChI is InChI=1S/C19H30N4O4/c1-21(2)10-11-23-14-19(8-6-18(23)26)7-3-9-22(13-19)17(25)5-4-15-12-16(24)20-27-15/h12H,3-11,13-14H2,1-2H3,(H,20,24). The molecule has 3 heterocycles. The van der Waals surface area contributed by atoms with Gasteiger partial charge in [-0.05, 0) is 33.4 Å². The second kappa shape index (κ2) is 8.29. The van der Waals surface area contributed by atoms with E-state index in [1.807, 2.05) is 23.9 Å². The van der Waals surface area contributed by atoms with Crippen molar-refractivity contribution in [1.82, 2.24) is 19.9 Å². The van der Waals surface area contributed by atoms with Gasteiger partial charge in [0.2, 0.25) is 11.8 Å². The molecule has 1 spiro atoms. The third kappa shape index (κ3) is 5.00. The molecule has 2 fully saturated rings. The Balaban J connectivity index is 1.57. The maximum absolute atomic E-state index is 12.7. The quantitative estimate of drug-likeness (QED) is 0.787. The number of aromatic amines is 1. The maximum Gasteiger partial charge on any atom is 0.280 e. The lowest BCUT2D eigenvalue weighted by molar-refractivity contribution is -0.143. The predicted octanol–water partition coefficient (Wildman–Crippen LogP) is 0.693. The average molecular weight is 378 g/mol. The molecule has 1 unspecified atom stereocenters. The summed E-state index contributed by atoms with van der Waals surface area (Å²) in [6.07, 6.45) is 4.23. The summed E-state index contributed by atoms with van der Waals surface area (Å²) in [6, 6.07) is 1.39. The van der Waals surface area contributed by atoms with Crippen LogP contribution >= 0.6 is 0 Å². The van der Waals surface area contributed by atoms with Gasteiger partial charge in [-0.1, -0.05) is 0 Å². The van der Waals surface area contributed by atoms with E-state index >= 15 is 0 Å². The number of nitrogens with one attached hydrogen (secondary N) is 1. The maximum atomic E-state index is 12.7. The Morgan fingerprint density at radius 3 is 2.81 bits per heavy atom. The number of hydrogen-bond acceptors (Lipinski definition) is 5. The molecule has 8 heteroatoms. The molecule has 0 aromatic carbocycles. The molecule has 8 nitrogen and oxygen atoms in total. The first-order valence-corrected chi connectivity index (χ1v) is 9.75. The highest BCUT2D eigenvalue weighted by atomic mass is 16.5. The number of carbonyl (C=O) groups excluding carboxylic acids is 2. The molecule has 1 aromatic rings. The summed E-state index contributed by atoms with van der Waals surface area (Å²) in [5.74, 6) is 0.835. The van der Waals surface area contributed by atoms with Crippen molar-refractivity contribution in [1.29, 1.82) is 0 Å². The highest BCUT2D eigenvalue weighted by Crippen LogP contribution is 2.39. The molecule has 3 rings (SSSR count). The van der Waals surface area contributed by atoms with Gasteiger partial charge in [0, 0.05) is 63.5 Å². The second-order valence-electron chi connectivity index (χ2n) is 8.22. The van der Waals surface area contributed by atoms with Crippen LogP contribution in [0.5, 0.6) is 0 Å². The van der Waals surface area contributed by atoms with Crippen LogP contribution in [0.3, 0.4) is 0 Å². The Morgan fingerprint density at radius 2 is 2.11 bits per heavy atom. The van der Waals surface area contributed by atoms with Gasteiger partial charge in [0.15, 0.2) is 0 Å². The Kier molecular flexibility index (Phi) is 6.04. The minimum atomic E-state index is -0.279. The highest BCUT2D eigenvalue weighted by Gasteiger charge is 2.42. The first-order chi connectivity index (χ1) is 12.9. The van der Waals surface area contributed by atoms with Gasteiger partial charge in [0.05, 0.1) is 0 Å². The van der Waals surface area contributed by atoms with Crippen LogP contribution in [-0.4, -0.2) is 78.5 Å². The summed E-state index contributed by atoms with van der Waals surface area (Å²) in [4.78, 5) is 42.1. The molecule has 1 atom stereocenters. The summed E-state index contributed by atoms with van der Waals surface area (Å²) >= 11 is 0. The number of rotatable bonds is 6. The fraction of sp³-hybridized carbons (Fsp3) is 0.737. The van der Waals surface area contributed by atoms with Crippen molar-refractivity contribution in [2.45, 2.75) is 38.5 Å². The fourth-order valence-corrected chi connectivity index (χ4v) is 4.21. The van der Waals surface area contributed by atoms with E-state index in [4.69, 9.17) is 4.52 Å². The normalized spacial score (nSPS) is 23.4. The SMILES string of the molecule is CN(C)CCN1CC2(CCCN(C(=O)CCc3cc(=O)[nH]o3)C2)CCC1=O. The van der Waals surface area contributed by atoms with Gasteiger partial charge in [-0.3, -0.25) is 14.4 Å². The van der Waals surface area contributed by atoms with Crippen LogP contribution in [0, 0.1) is 5.41 Å². The molecular weight excluding hydrogens is 348 g/mol. The van der Waals surface area contributed by atoms with Gasteiger partial charge in [-0.2, -0.15) is 5.16 Å². The summed E-state index contributed by atoms with van der Waals surface area (Å²) in [6.45, 7) is 3.83.